The van der Waals surface area contributed by atoms with E-state index in [0.29, 0.717) is 12.2 Å². The van der Waals surface area contributed by atoms with Gasteiger partial charge in [-0.15, -0.1) is 10.2 Å². The summed E-state index contributed by atoms with van der Waals surface area (Å²) in [5.41, 5.74) is 0.0637. The van der Waals surface area contributed by atoms with E-state index in [0.717, 1.165) is 17.4 Å². The highest BCUT2D eigenvalue weighted by Gasteiger charge is 2.23. The number of nitrogens with one attached hydrogen (secondary N) is 1. The number of nitriles is 1. The quantitative estimate of drug-likeness (QED) is 0.609. The SMILES string of the molecule is CCn1c(O)c(C#N)c(C)c(N=Nc2ccc(C)cc2S(=O)(=O)NCC2CCCO2)c1=O. The third-order valence-corrected chi connectivity index (χ3v) is 6.73. The van der Waals surface area contributed by atoms with Crippen LogP contribution < -0.4 is 10.3 Å². The fraction of sp³-hybridized carbons (Fsp3) is 0.429. The Morgan fingerprint density at radius 1 is 1.34 bits per heavy atom. The number of aromatic hydroxyl groups is 1. The second-order valence-electron chi connectivity index (χ2n) is 7.49. The van der Waals surface area contributed by atoms with E-state index in [-0.39, 0.29) is 46.6 Å². The maximum atomic E-state index is 12.9. The van der Waals surface area contributed by atoms with Gasteiger partial charge in [-0.3, -0.25) is 9.36 Å². The number of benzene rings is 1. The van der Waals surface area contributed by atoms with Crippen molar-refractivity contribution >= 4 is 21.4 Å². The summed E-state index contributed by atoms with van der Waals surface area (Å²) in [5, 5.41) is 27.5. The fourth-order valence-corrected chi connectivity index (χ4v) is 4.75. The lowest BCUT2D eigenvalue weighted by molar-refractivity contribution is 0.114. The van der Waals surface area contributed by atoms with Gasteiger partial charge in [0.1, 0.15) is 22.2 Å². The van der Waals surface area contributed by atoms with E-state index in [1.807, 2.05) is 6.07 Å². The molecule has 1 aromatic carbocycles. The number of nitrogens with zero attached hydrogens (tertiary/aromatic N) is 4. The van der Waals surface area contributed by atoms with Crippen LogP contribution in [0.5, 0.6) is 5.88 Å². The first-order chi connectivity index (χ1) is 15.2. The molecule has 2 aromatic rings. The van der Waals surface area contributed by atoms with E-state index < -0.39 is 21.5 Å². The molecule has 2 heterocycles. The van der Waals surface area contributed by atoms with E-state index >= 15 is 0 Å². The van der Waals surface area contributed by atoms with E-state index in [2.05, 4.69) is 15.0 Å². The molecule has 32 heavy (non-hydrogen) atoms. The predicted molar refractivity (Wildman–Crippen MR) is 117 cm³/mol. The summed E-state index contributed by atoms with van der Waals surface area (Å²) in [6.45, 7) is 5.76. The van der Waals surface area contributed by atoms with Gasteiger partial charge in [0.25, 0.3) is 5.56 Å². The predicted octanol–water partition coefficient (Wildman–Crippen LogP) is 2.94. The molecule has 0 spiro atoms. The van der Waals surface area contributed by atoms with Crippen molar-refractivity contribution in [2.45, 2.75) is 51.2 Å². The number of hydrogen-bond donors (Lipinski definition) is 2. The average Bonchev–Trinajstić information content (AvgIpc) is 3.27. The van der Waals surface area contributed by atoms with Crippen molar-refractivity contribution in [3.05, 3.63) is 45.2 Å². The second-order valence-corrected chi connectivity index (χ2v) is 9.23. The molecule has 1 aliphatic rings. The first-order valence-corrected chi connectivity index (χ1v) is 11.7. The van der Waals surface area contributed by atoms with Crippen molar-refractivity contribution in [2.75, 3.05) is 13.2 Å². The number of azo groups is 1. The largest absolute Gasteiger partial charge is 0.493 e. The number of sulfonamides is 1. The smallest absolute Gasteiger partial charge is 0.281 e. The first kappa shape index (κ1) is 23.6. The van der Waals surface area contributed by atoms with Crippen LogP contribution in [0.25, 0.3) is 0 Å². The Morgan fingerprint density at radius 3 is 2.72 bits per heavy atom. The van der Waals surface area contributed by atoms with Crippen molar-refractivity contribution in [2.24, 2.45) is 10.2 Å². The highest BCUT2D eigenvalue weighted by Crippen LogP contribution is 2.30. The van der Waals surface area contributed by atoms with Gasteiger partial charge in [0.05, 0.1) is 6.10 Å². The Labute approximate surface area is 186 Å². The molecule has 1 unspecified atom stereocenters. The van der Waals surface area contributed by atoms with Gasteiger partial charge in [-0.25, -0.2) is 13.1 Å². The summed E-state index contributed by atoms with van der Waals surface area (Å²) in [5.74, 6) is -0.437. The van der Waals surface area contributed by atoms with Crippen LogP contribution in [0.4, 0.5) is 11.4 Å². The minimum Gasteiger partial charge on any atom is -0.493 e. The highest BCUT2D eigenvalue weighted by atomic mass is 32.2. The highest BCUT2D eigenvalue weighted by molar-refractivity contribution is 7.89. The number of hydrogen-bond acceptors (Lipinski definition) is 8. The Bertz CT molecular complexity index is 1250. The van der Waals surface area contributed by atoms with E-state index in [1.165, 1.54) is 19.1 Å². The van der Waals surface area contributed by atoms with Crippen molar-refractivity contribution in [3.63, 3.8) is 0 Å². The Kier molecular flexibility index (Phi) is 7.08. The molecule has 0 amide bonds. The van der Waals surface area contributed by atoms with Crippen LogP contribution >= 0.6 is 0 Å². The summed E-state index contributed by atoms with van der Waals surface area (Å²) < 4.78 is 34.9. The Hall–Kier alpha value is -3.07. The van der Waals surface area contributed by atoms with Crippen LogP contribution in [0.3, 0.4) is 0 Å². The standard InChI is InChI=1S/C21H25N5O5S/c1-4-26-20(27)16(11-22)14(3)19(21(26)28)25-24-17-8-7-13(2)10-18(17)32(29,30)23-12-15-6-5-9-31-15/h7-8,10,15,23,27H,4-6,9,12H2,1-3H3. The van der Waals surface area contributed by atoms with Gasteiger partial charge in [-0.1, -0.05) is 6.07 Å². The minimum absolute atomic E-state index is 0.0453. The number of ether oxygens (including phenoxy) is 1. The number of pyridine rings is 1. The van der Waals surface area contributed by atoms with Crippen LogP contribution in [0.1, 0.15) is 36.5 Å². The topological polar surface area (TPSA) is 146 Å². The van der Waals surface area contributed by atoms with Gasteiger partial charge in [0, 0.05) is 25.3 Å². The summed E-state index contributed by atoms with van der Waals surface area (Å²) >= 11 is 0. The Balaban J connectivity index is 2.02. The molecule has 0 radical (unpaired) electrons. The van der Waals surface area contributed by atoms with E-state index in [4.69, 9.17) is 4.74 Å². The summed E-state index contributed by atoms with van der Waals surface area (Å²) in [6, 6.07) is 6.52. The summed E-state index contributed by atoms with van der Waals surface area (Å²) in [4.78, 5) is 12.6. The maximum absolute atomic E-state index is 12.9. The number of aryl methyl sites for hydroxylation is 1. The molecule has 170 valence electrons. The van der Waals surface area contributed by atoms with Gasteiger partial charge in [-0.2, -0.15) is 5.26 Å². The molecule has 0 saturated carbocycles. The van der Waals surface area contributed by atoms with Crippen molar-refractivity contribution < 1.29 is 18.3 Å². The van der Waals surface area contributed by atoms with E-state index in [1.54, 1.807) is 19.9 Å². The molecule has 2 N–H and O–H groups in total. The van der Waals surface area contributed by atoms with Crippen molar-refractivity contribution in [1.82, 2.24) is 9.29 Å². The third-order valence-electron chi connectivity index (χ3n) is 5.27. The number of aromatic nitrogens is 1. The third kappa shape index (κ3) is 4.72. The maximum Gasteiger partial charge on any atom is 0.281 e. The van der Waals surface area contributed by atoms with Crippen LogP contribution in [0.2, 0.25) is 0 Å². The number of rotatable bonds is 7. The lowest BCUT2D eigenvalue weighted by Gasteiger charge is -2.13. The molecule has 3 rings (SSSR count). The van der Waals surface area contributed by atoms with Gasteiger partial charge < -0.3 is 9.84 Å². The summed E-state index contributed by atoms with van der Waals surface area (Å²) in [6.07, 6.45) is 1.51. The Morgan fingerprint density at radius 2 is 2.09 bits per heavy atom. The van der Waals surface area contributed by atoms with Crippen LogP contribution in [-0.2, 0) is 21.3 Å². The van der Waals surface area contributed by atoms with Crippen molar-refractivity contribution in [3.8, 4) is 11.9 Å². The molecular formula is C21H25N5O5S. The molecular weight excluding hydrogens is 434 g/mol. The van der Waals surface area contributed by atoms with Gasteiger partial charge in [0.2, 0.25) is 15.9 Å². The molecule has 0 bridgehead atoms. The normalized spacial score (nSPS) is 16.5. The van der Waals surface area contributed by atoms with Crippen LogP contribution in [-0.4, -0.2) is 37.3 Å². The second kappa shape index (κ2) is 9.60. The zero-order chi connectivity index (χ0) is 23.5. The zero-order valence-electron chi connectivity index (χ0n) is 18.1. The monoisotopic (exact) mass is 459 g/mol. The molecule has 0 aliphatic carbocycles. The summed E-state index contributed by atoms with van der Waals surface area (Å²) in [7, 11) is -3.92. The van der Waals surface area contributed by atoms with Crippen LogP contribution in [0, 0.1) is 25.2 Å². The zero-order valence-corrected chi connectivity index (χ0v) is 18.9. The van der Waals surface area contributed by atoms with Crippen molar-refractivity contribution in [1.29, 1.82) is 5.26 Å². The average molecular weight is 460 g/mol. The lowest BCUT2D eigenvalue weighted by Crippen LogP contribution is -2.31. The molecule has 11 heteroatoms. The van der Waals surface area contributed by atoms with Gasteiger partial charge in [-0.05, 0) is 51.3 Å². The first-order valence-electron chi connectivity index (χ1n) is 10.2. The molecule has 1 aliphatic heterocycles. The van der Waals surface area contributed by atoms with Gasteiger partial charge in [0.15, 0.2) is 5.69 Å². The lowest BCUT2D eigenvalue weighted by atomic mass is 10.1. The minimum atomic E-state index is -3.92. The molecule has 1 atom stereocenters. The molecule has 1 aromatic heterocycles. The molecule has 1 fully saturated rings. The van der Waals surface area contributed by atoms with E-state index in [9.17, 15) is 23.6 Å². The van der Waals surface area contributed by atoms with Gasteiger partial charge >= 0.3 is 0 Å². The fourth-order valence-electron chi connectivity index (χ4n) is 3.46. The molecule has 1 saturated heterocycles. The molecule has 10 nitrogen and oxygen atoms in total. The van der Waals surface area contributed by atoms with Crippen LogP contribution in [0.15, 0.2) is 38.1 Å².